The molecule has 1 atom stereocenters. The number of carbonyl (C=O) groups excluding carboxylic acids is 1. The Labute approximate surface area is 107 Å². The van der Waals surface area contributed by atoms with Crippen molar-refractivity contribution >= 4 is 11.7 Å². The van der Waals surface area contributed by atoms with Gasteiger partial charge in [-0.05, 0) is 25.0 Å². The quantitative estimate of drug-likeness (QED) is 0.820. The Kier molecular flexibility index (Phi) is 3.81. The first kappa shape index (κ1) is 12.8. The molecule has 0 aliphatic carbocycles. The Morgan fingerprint density at radius 2 is 2.44 bits per heavy atom. The second-order valence-electron chi connectivity index (χ2n) is 4.77. The Morgan fingerprint density at radius 3 is 3.11 bits per heavy atom. The number of aromatic nitrogens is 1. The molecule has 1 aliphatic heterocycles. The summed E-state index contributed by atoms with van der Waals surface area (Å²) >= 11 is 0. The van der Waals surface area contributed by atoms with E-state index in [1.807, 2.05) is 12.3 Å². The highest BCUT2D eigenvalue weighted by Gasteiger charge is 2.25. The molecule has 0 bridgehead atoms. The third-order valence-corrected chi connectivity index (χ3v) is 3.37. The van der Waals surface area contributed by atoms with Crippen molar-refractivity contribution in [1.29, 1.82) is 0 Å². The van der Waals surface area contributed by atoms with E-state index in [4.69, 9.17) is 5.73 Å². The maximum Gasteiger partial charge on any atom is 0.217 e. The summed E-state index contributed by atoms with van der Waals surface area (Å²) in [6.07, 6.45) is 2.77. The lowest BCUT2D eigenvalue weighted by Gasteiger charge is -2.21. The van der Waals surface area contributed by atoms with Gasteiger partial charge in [-0.3, -0.25) is 4.79 Å². The molecule has 0 radical (unpaired) electrons. The highest BCUT2D eigenvalue weighted by molar-refractivity contribution is 5.73. The van der Waals surface area contributed by atoms with Gasteiger partial charge in [-0.25, -0.2) is 4.98 Å². The van der Waals surface area contributed by atoms with Crippen LogP contribution in [-0.4, -0.2) is 30.0 Å². The lowest BCUT2D eigenvalue weighted by molar-refractivity contribution is -0.119. The summed E-state index contributed by atoms with van der Waals surface area (Å²) in [5.74, 6) is 0.989. The molecular formula is C13H20N4O. The monoisotopic (exact) mass is 248 g/mol. The van der Waals surface area contributed by atoms with E-state index in [1.165, 1.54) is 5.56 Å². The first-order chi connectivity index (χ1) is 8.61. The second kappa shape index (κ2) is 5.35. The fraction of sp³-hybridized carbons (Fsp3) is 0.538. The number of nitrogens with two attached hydrogens (primary N) is 1. The highest BCUT2D eigenvalue weighted by Crippen LogP contribution is 2.24. The van der Waals surface area contributed by atoms with E-state index in [-0.39, 0.29) is 11.9 Å². The van der Waals surface area contributed by atoms with Gasteiger partial charge in [0, 0.05) is 44.4 Å². The topological polar surface area (TPSA) is 71.2 Å². The smallest absolute Gasteiger partial charge is 0.217 e. The normalized spacial score (nSPS) is 19.1. The van der Waals surface area contributed by atoms with Gasteiger partial charge in [-0.1, -0.05) is 0 Å². The van der Waals surface area contributed by atoms with Gasteiger partial charge in [0.1, 0.15) is 5.82 Å². The van der Waals surface area contributed by atoms with E-state index >= 15 is 0 Å². The number of rotatable bonds is 3. The van der Waals surface area contributed by atoms with Gasteiger partial charge in [0.2, 0.25) is 5.91 Å². The number of aryl methyl sites for hydroxylation is 1. The van der Waals surface area contributed by atoms with E-state index in [0.29, 0.717) is 6.54 Å². The zero-order chi connectivity index (χ0) is 13.1. The molecule has 2 heterocycles. The van der Waals surface area contributed by atoms with Crippen molar-refractivity contribution < 1.29 is 4.79 Å². The third kappa shape index (κ3) is 2.61. The molecule has 1 aliphatic rings. The van der Waals surface area contributed by atoms with Crippen LogP contribution in [0.3, 0.4) is 0 Å². The van der Waals surface area contributed by atoms with Crippen molar-refractivity contribution in [3.05, 3.63) is 23.4 Å². The van der Waals surface area contributed by atoms with E-state index < -0.39 is 0 Å². The van der Waals surface area contributed by atoms with E-state index in [9.17, 15) is 4.79 Å². The van der Waals surface area contributed by atoms with Gasteiger partial charge in [0.05, 0.1) is 0 Å². The number of carbonyl (C=O) groups is 1. The molecule has 0 spiro atoms. The zero-order valence-electron chi connectivity index (χ0n) is 10.9. The Hall–Kier alpha value is -1.62. The maximum absolute atomic E-state index is 11.1. The maximum atomic E-state index is 11.1. The minimum absolute atomic E-state index is 0.0260. The van der Waals surface area contributed by atoms with Gasteiger partial charge >= 0.3 is 0 Å². The van der Waals surface area contributed by atoms with Crippen LogP contribution in [0.4, 0.5) is 5.82 Å². The predicted octanol–water partition coefficient (Wildman–Crippen LogP) is 0.564. The van der Waals surface area contributed by atoms with Crippen LogP contribution in [0.1, 0.15) is 24.5 Å². The van der Waals surface area contributed by atoms with Crippen LogP contribution >= 0.6 is 0 Å². The van der Waals surface area contributed by atoms with Crippen LogP contribution in [-0.2, 0) is 11.3 Å². The Balaban J connectivity index is 2.14. The van der Waals surface area contributed by atoms with Gasteiger partial charge in [0.15, 0.2) is 0 Å². The van der Waals surface area contributed by atoms with Crippen LogP contribution < -0.4 is 16.0 Å². The number of anilines is 1. The van der Waals surface area contributed by atoms with Crippen LogP contribution in [0.25, 0.3) is 0 Å². The van der Waals surface area contributed by atoms with Crippen LogP contribution in [0.2, 0.25) is 0 Å². The molecule has 5 heteroatoms. The Morgan fingerprint density at radius 1 is 1.67 bits per heavy atom. The molecular weight excluding hydrogens is 228 g/mol. The zero-order valence-corrected chi connectivity index (χ0v) is 10.9. The van der Waals surface area contributed by atoms with Crippen LogP contribution in [0.5, 0.6) is 0 Å². The van der Waals surface area contributed by atoms with E-state index in [2.05, 4.69) is 22.1 Å². The molecule has 3 N–H and O–H groups in total. The average molecular weight is 248 g/mol. The van der Waals surface area contributed by atoms with E-state index in [1.54, 1.807) is 6.92 Å². The molecule has 98 valence electrons. The number of pyridine rings is 1. The molecule has 5 nitrogen and oxygen atoms in total. The minimum atomic E-state index is 0.0260. The fourth-order valence-electron chi connectivity index (χ4n) is 2.46. The molecule has 1 fully saturated rings. The summed E-state index contributed by atoms with van der Waals surface area (Å²) in [7, 11) is 0. The third-order valence-electron chi connectivity index (χ3n) is 3.37. The summed E-state index contributed by atoms with van der Waals surface area (Å²) < 4.78 is 0. The van der Waals surface area contributed by atoms with Crippen molar-refractivity contribution in [2.24, 2.45) is 5.73 Å². The molecule has 1 unspecified atom stereocenters. The summed E-state index contributed by atoms with van der Waals surface area (Å²) in [5, 5.41) is 2.95. The highest BCUT2D eigenvalue weighted by atomic mass is 16.1. The van der Waals surface area contributed by atoms with Crippen LogP contribution in [0.15, 0.2) is 12.3 Å². The second-order valence-corrected chi connectivity index (χ2v) is 4.77. The van der Waals surface area contributed by atoms with Gasteiger partial charge in [0.25, 0.3) is 0 Å². The predicted molar refractivity (Wildman–Crippen MR) is 71.3 cm³/mol. The molecule has 1 amide bonds. The number of hydrogen-bond acceptors (Lipinski definition) is 4. The molecule has 0 aromatic carbocycles. The molecule has 0 saturated carbocycles. The standard InChI is InChI=1S/C13H20N4O/c1-9-3-5-15-13(12(9)7-14)17-6-4-11(8-17)16-10(2)18/h3,5,11H,4,6-8,14H2,1-2H3,(H,16,18). The number of nitrogens with zero attached hydrogens (tertiary/aromatic N) is 2. The summed E-state index contributed by atoms with van der Waals surface area (Å²) in [4.78, 5) is 17.7. The van der Waals surface area contributed by atoms with Gasteiger partial charge in [-0.2, -0.15) is 0 Å². The van der Waals surface area contributed by atoms with Crippen molar-refractivity contribution in [3.63, 3.8) is 0 Å². The molecule has 1 aromatic heterocycles. The number of nitrogens with one attached hydrogen (secondary N) is 1. The van der Waals surface area contributed by atoms with Gasteiger partial charge in [-0.15, -0.1) is 0 Å². The van der Waals surface area contributed by atoms with Crippen molar-refractivity contribution in [2.75, 3.05) is 18.0 Å². The summed E-state index contributed by atoms with van der Waals surface area (Å²) in [6.45, 7) is 5.82. The Bertz CT molecular complexity index is 447. The first-order valence-corrected chi connectivity index (χ1v) is 6.28. The van der Waals surface area contributed by atoms with Crippen LogP contribution in [0, 0.1) is 6.92 Å². The van der Waals surface area contributed by atoms with Crippen molar-refractivity contribution in [1.82, 2.24) is 10.3 Å². The molecule has 18 heavy (non-hydrogen) atoms. The number of amides is 1. The lowest BCUT2D eigenvalue weighted by Crippen LogP contribution is -2.36. The fourth-order valence-corrected chi connectivity index (χ4v) is 2.46. The molecule has 1 aromatic rings. The van der Waals surface area contributed by atoms with E-state index in [0.717, 1.165) is 30.9 Å². The minimum Gasteiger partial charge on any atom is -0.354 e. The molecule has 2 rings (SSSR count). The largest absolute Gasteiger partial charge is 0.354 e. The van der Waals surface area contributed by atoms with Crippen molar-refractivity contribution in [2.45, 2.75) is 32.9 Å². The van der Waals surface area contributed by atoms with Gasteiger partial charge < -0.3 is 16.0 Å². The summed E-state index contributed by atoms with van der Waals surface area (Å²) in [6, 6.07) is 2.20. The average Bonchev–Trinajstić information content (AvgIpc) is 2.76. The lowest BCUT2D eigenvalue weighted by atomic mass is 10.1. The SMILES string of the molecule is CC(=O)NC1CCN(c2nccc(C)c2CN)C1. The first-order valence-electron chi connectivity index (χ1n) is 6.28. The summed E-state index contributed by atoms with van der Waals surface area (Å²) in [5.41, 5.74) is 8.07. The molecule has 1 saturated heterocycles. The number of hydrogen-bond donors (Lipinski definition) is 2. The van der Waals surface area contributed by atoms with Crippen molar-refractivity contribution in [3.8, 4) is 0 Å².